The van der Waals surface area contributed by atoms with Gasteiger partial charge in [0.1, 0.15) is 0 Å². The normalized spacial score (nSPS) is 11.9. The molecular weight excluding hydrogens is 272 g/mol. The zero-order valence-electron chi connectivity index (χ0n) is 8.98. The summed E-state index contributed by atoms with van der Waals surface area (Å²) in [5.41, 5.74) is 0.659. The van der Waals surface area contributed by atoms with Crippen LogP contribution in [0, 0.1) is 0 Å². The molecule has 3 nitrogen and oxygen atoms in total. The van der Waals surface area contributed by atoms with Crippen LogP contribution in [0.1, 0.15) is 23.7 Å². The fourth-order valence-corrected chi connectivity index (χ4v) is 1.67. The first-order chi connectivity index (χ1) is 7.61. The molecule has 0 amide bonds. The third-order valence-corrected chi connectivity index (χ3v) is 2.89. The van der Waals surface area contributed by atoms with Gasteiger partial charge in [-0.15, -0.1) is 0 Å². The molecule has 0 aliphatic rings. The Hall–Kier alpha value is -1.16. The summed E-state index contributed by atoms with van der Waals surface area (Å²) in [5, 5.41) is 0. The van der Waals surface area contributed by atoms with Gasteiger partial charge in [-0.3, -0.25) is 9.59 Å². The maximum absolute atomic E-state index is 11.8. The van der Waals surface area contributed by atoms with Gasteiger partial charge in [-0.1, -0.05) is 46.3 Å². The highest BCUT2D eigenvalue weighted by Crippen LogP contribution is 2.13. The maximum atomic E-state index is 11.8. The average Bonchev–Trinajstić information content (AvgIpc) is 2.28. The van der Waals surface area contributed by atoms with Crippen LogP contribution < -0.4 is 0 Å². The zero-order valence-corrected chi connectivity index (χ0v) is 10.6. The van der Waals surface area contributed by atoms with Crippen molar-refractivity contribution in [1.82, 2.24) is 0 Å². The van der Waals surface area contributed by atoms with Crippen LogP contribution in [0.15, 0.2) is 30.3 Å². The summed E-state index contributed by atoms with van der Waals surface area (Å²) >= 11 is 3.29. The molecule has 86 valence electrons. The van der Waals surface area contributed by atoms with Crippen molar-refractivity contribution in [3.8, 4) is 0 Å². The Morgan fingerprint density at radius 3 is 2.50 bits per heavy atom. The van der Waals surface area contributed by atoms with E-state index in [2.05, 4.69) is 15.9 Å². The Labute approximate surface area is 103 Å². The van der Waals surface area contributed by atoms with Gasteiger partial charge in [0.25, 0.3) is 0 Å². The van der Waals surface area contributed by atoms with Gasteiger partial charge in [0.2, 0.25) is 0 Å². The van der Waals surface area contributed by atoms with E-state index < -0.39 is 0 Å². The molecule has 1 aromatic rings. The van der Waals surface area contributed by atoms with Gasteiger partial charge in [0.15, 0.2) is 5.78 Å². The number of rotatable bonds is 5. The highest BCUT2D eigenvalue weighted by atomic mass is 79.9. The summed E-state index contributed by atoms with van der Waals surface area (Å²) in [4.78, 5) is 22.1. The Bertz CT molecular complexity index is 362. The minimum absolute atomic E-state index is 0.00718. The largest absolute Gasteiger partial charge is 0.466 e. The number of ketones is 1. The lowest BCUT2D eigenvalue weighted by atomic mass is 10.1. The van der Waals surface area contributed by atoms with Crippen molar-refractivity contribution >= 4 is 27.7 Å². The highest BCUT2D eigenvalue weighted by Gasteiger charge is 2.16. The smallest absolute Gasteiger partial charge is 0.302 e. The number of esters is 1. The SMILES string of the molecule is CC(=O)OCC[C@H](Br)C(=O)c1ccccc1. The summed E-state index contributed by atoms with van der Waals surface area (Å²) < 4.78 is 4.78. The van der Waals surface area contributed by atoms with Gasteiger partial charge >= 0.3 is 5.97 Å². The molecule has 1 rings (SSSR count). The fourth-order valence-electron chi connectivity index (χ4n) is 1.22. The van der Waals surface area contributed by atoms with Crippen molar-refractivity contribution in [2.24, 2.45) is 0 Å². The Morgan fingerprint density at radius 2 is 1.94 bits per heavy atom. The van der Waals surface area contributed by atoms with Crippen molar-refractivity contribution in [1.29, 1.82) is 0 Å². The van der Waals surface area contributed by atoms with Crippen molar-refractivity contribution in [3.05, 3.63) is 35.9 Å². The van der Waals surface area contributed by atoms with Crippen molar-refractivity contribution in [2.75, 3.05) is 6.61 Å². The van der Waals surface area contributed by atoms with Crippen molar-refractivity contribution in [3.63, 3.8) is 0 Å². The minimum atomic E-state index is -0.327. The molecule has 0 aromatic heterocycles. The number of alkyl halides is 1. The number of Topliss-reactive ketones (excluding diaryl/α,β-unsaturated/α-hetero) is 1. The summed E-state index contributed by atoms with van der Waals surface area (Å²) in [6, 6.07) is 9.03. The van der Waals surface area contributed by atoms with Crippen LogP contribution in [-0.2, 0) is 9.53 Å². The monoisotopic (exact) mass is 284 g/mol. The number of ether oxygens (including phenoxy) is 1. The molecule has 0 unspecified atom stereocenters. The quantitative estimate of drug-likeness (QED) is 0.474. The Balaban J connectivity index is 2.45. The van der Waals surface area contributed by atoms with E-state index in [4.69, 9.17) is 4.74 Å². The molecular formula is C12H13BrO3. The second-order valence-electron chi connectivity index (χ2n) is 3.33. The number of hydrogen-bond acceptors (Lipinski definition) is 3. The van der Waals surface area contributed by atoms with Crippen LogP contribution in [0.5, 0.6) is 0 Å². The van der Waals surface area contributed by atoms with E-state index in [-0.39, 0.29) is 23.2 Å². The molecule has 0 saturated carbocycles. The first kappa shape index (κ1) is 12.9. The lowest BCUT2D eigenvalue weighted by molar-refractivity contribution is -0.140. The van der Waals surface area contributed by atoms with Gasteiger partial charge in [0.05, 0.1) is 11.4 Å². The minimum Gasteiger partial charge on any atom is -0.466 e. The van der Waals surface area contributed by atoms with Crippen LogP contribution in [0.3, 0.4) is 0 Å². The van der Waals surface area contributed by atoms with Gasteiger partial charge in [-0.05, 0) is 0 Å². The highest BCUT2D eigenvalue weighted by molar-refractivity contribution is 9.10. The van der Waals surface area contributed by atoms with Crippen molar-refractivity contribution in [2.45, 2.75) is 18.2 Å². The average molecular weight is 285 g/mol. The second kappa shape index (κ2) is 6.43. The van der Waals surface area contributed by atoms with Gasteiger partial charge in [0, 0.05) is 18.9 Å². The Kier molecular flexibility index (Phi) is 5.19. The molecule has 1 aromatic carbocycles. The topological polar surface area (TPSA) is 43.4 Å². The van der Waals surface area contributed by atoms with Crippen LogP contribution in [0.25, 0.3) is 0 Å². The molecule has 1 atom stereocenters. The standard InChI is InChI=1S/C12H13BrO3/c1-9(14)16-8-7-11(13)12(15)10-5-3-2-4-6-10/h2-6,11H,7-8H2,1H3/t11-/m0/s1. The summed E-state index contributed by atoms with van der Waals surface area (Å²) in [6.45, 7) is 1.60. The van der Waals surface area contributed by atoms with Gasteiger partial charge in [-0.2, -0.15) is 0 Å². The van der Waals surface area contributed by atoms with Crippen LogP contribution in [0.2, 0.25) is 0 Å². The molecule has 0 aliphatic carbocycles. The molecule has 0 fully saturated rings. The molecule has 0 bridgehead atoms. The first-order valence-electron chi connectivity index (χ1n) is 4.98. The number of carbonyl (C=O) groups is 2. The molecule has 0 spiro atoms. The van der Waals surface area contributed by atoms with Crippen LogP contribution >= 0.6 is 15.9 Å². The summed E-state index contributed by atoms with van der Waals surface area (Å²) in [6.07, 6.45) is 0.479. The van der Waals surface area contributed by atoms with E-state index in [1.165, 1.54) is 6.92 Å². The van der Waals surface area contributed by atoms with E-state index in [1.54, 1.807) is 12.1 Å². The van der Waals surface area contributed by atoms with Crippen LogP contribution in [0.4, 0.5) is 0 Å². The lowest BCUT2D eigenvalue weighted by Crippen LogP contribution is -2.17. The molecule has 16 heavy (non-hydrogen) atoms. The fraction of sp³-hybridized carbons (Fsp3) is 0.333. The molecule has 0 saturated heterocycles. The third kappa shape index (κ3) is 4.14. The summed E-state index contributed by atoms with van der Waals surface area (Å²) in [5.74, 6) is -0.320. The molecule has 0 N–H and O–H groups in total. The van der Waals surface area contributed by atoms with Gasteiger partial charge < -0.3 is 4.74 Å². The first-order valence-corrected chi connectivity index (χ1v) is 5.89. The molecule has 0 heterocycles. The van der Waals surface area contributed by atoms with Crippen LogP contribution in [-0.4, -0.2) is 23.2 Å². The predicted molar refractivity (Wildman–Crippen MR) is 64.7 cm³/mol. The van der Waals surface area contributed by atoms with E-state index >= 15 is 0 Å². The van der Waals surface area contributed by atoms with E-state index in [1.807, 2.05) is 18.2 Å². The third-order valence-electron chi connectivity index (χ3n) is 2.02. The van der Waals surface area contributed by atoms with E-state index in [0.29, 0.717) is 12.0 Å². The number of carbonyl (C=O) groups excluding carboxylic acids is 2. The lowest BCUT2D eigenvalue weighted by Gasteiger charge is -2.08. The zero-order chi connectivity index (χ0) is 12.0. The van der Waals surface area contributed by atoms with Gasteiger partial charge in [-0.25, -0.2) is 0 Å². The molecule has 4 heteroatoms. The number of hydrogen-bond donors (Lipinski definition) is 0. The van der Waals surface area contributed by atoms with Crippen molar-refractivity contribution < 1.29 is 14.3 Å². The van der Waals surface area contributed by atoms with E-state index in [0.717, 1.165) is 0 Å². The molecule has 0 radical (unpaired) electrons. The summed E-state index contributed by atoms with van der Waals surface area (Å²) in [7, 11) is 0. The maximum Gasteiger partial charge on any atom is 0.302 e. The number of benzene rings is 1. The Morgan fingerprint density at radius 1 is 1.31 bits per heavy atom. The number of halogens is 1. The van der Waals surface area contributed by atoms with E-state index in [9.17, 15) is 9.59 Å². The molecule has 0 aliphatic heterocycles. The second-order valence-corrected chi connectivity index (χ2v) is 4.43. The predicted octanol–water partition coefficient (Wildman–Crippen LogP) is 2.59.